The van der Waals surface area contributed by atoms with Crippen molar-refractivity contribution in [2.45, 2.75) is 32.9 Å². The van der Waals surface area contributed by atoms with Crippen molar-refractivity contribution >= 4 is 5.91 Å². The molecule has 1 aliphatic heterocycles. The van der Waals surface area contributed by atoms with E-state index in [1.165, 1.54) is 0 Å². The number of hydrogen-bond donors (Lipinski definition) is 2. The average Bonchev–Trinajstić information content (AvgIpc) is 2.15. The van der Waals surface area contributed by atoms with Gasteiger partial charge in [-0.3, -0.25) is 4.79 Å². The van der Waals surface area contributed by atoms with E-state index in [0.29, 0.717) is 6.04 Å². The third kappa shape index (κ3) is 2.69. The topological polar surface area (TPSA) is 58.4 Å². The molecule has 1 aliphatic rings. The number of amides is 1. The molecule has 1 saturated heterocycles. The smallest absolute Gasteiger partial charge is 0.239 e. The third-order valence-electron chi connectivity index (χ3n) is 2.68. The van der Waals surface area contributed by atoms with E-state index < -0.39 is 0 Å². The van der Waals surface area contributed by atoms with Crippen LogP contribution in [0.2, 0.25) is 0 Å². The molecule has 4 heteroatoms. The summed E-state index contributed by atoms with van der Waals surface area (Å²) in [7, 11) is 0. The number of rotatable bonds is 2. The van der Waals surface area contributed by atoms with Crippen LogP contribution in [0.5, 0.6) is 0 Å². The van der Waals surface area contributed by atoms with Gasteiger partial charge in [0.05, 0.1) is 6.04 Å². The predicted molar refractivity (Wildman–Crippen MR) is 56.9 cm³/mol. The van der Waals surface area contributed by atoms with E-state index in [1.807, 2.05) is 18.7 Å². The van der Waals surface area contributed by atoms with E-state index in [0.717, 1.165) is 19.6 Å². The van der Waals surface area contributed by atoms with E-state index in [2.05, 4.69) is 12.2 Å². The van der Waals surface area contributed by atoms with Crippen molar-refractivity contribution in [1.82, 2.24) is 10.2 Å². The highest BCUT2D eigenvalue weighted by molar-refractivity contribution is 5.82. The Morgan fingerprint density at radius 1 is 1.57 bits per heavy atom. The van der Waals surface area contributed by atoms with Gasteiger partial charge < -0.3 is 16.0 Å². The van der Waals surface area contributed by atoms with Crippen molar-refractivity contribution in [1.29, 1.82) is 0 Å². The molecule has 0 unspecified atom stereocenters. The molecule has 14 heavy (non-hydrogen) atoms. The Hall–Kier alpha value is -0.610. The Morgan fingerprint density at radius 3 is 2.71 bits per heavy atom. The monoisotopic (exact) mass is 199 g/mol. The van der Waals surface area contributed by atoms with E-state index in [4.69, 9.17) is 5.73 Å². The molecule has 4 nitrogen and oxygen atoms in total. The number of nitrogens with two attached hydrogens (primary N) is 1. The molecule has 0 aromatic heterocycles. The Bertz CT molecular complexity index is 206. The van der Waals surface area contributed by atoms with Crippen LogP contribution < -0.4 is 11.1 Å². The number of carbonyl (C=O) groups is 1. The van der Waals surface area contributed by atoms with Crippen molar-refractivity contribution in [2.75, 3.05) is 19.6 Å². The minimum Gasteiger partial charge on any atom is -0.339 e. The van der Waals surface area contributed by atoms with Crippen LogP contribution in [-0.2, 0) is 4.79 Å². The van der Waals surface area contributed by atoms with E-state index in [9.17, 15) is 4.79 Å². The maximum Gasteiger partial charge on any atom is 0.239 e. The second-order valence-electron chi connectivity index (χ2n) is 4.41. The fraction of sp³-hybridized carbons (Fsp3) is 0.900. The van der Waals surface area contributed by atoms with Gasteiger partial charge in [-0.05, 0) is 12.8 Å². The SMILES string of the molecule is CC(C)[C@H](N)C(=O)N1CCN[C@@H](C)C1. The van der Waals surface area contributed by atoms with Gasteiger partial charge in [-0.15, -0.1) is 0 Å². The largest absolute Gasteiger partial charge is 0.339 e. The van der Waals surface area contributed by atoms with Crippen molar-refractivity contribution in [3.63, 3.8) is 0 Å². The molecule has 1 fully saturated rings. The minimum atomic E-state index is -0.347. The van der Waals surface area contributed by atoms with E-state index in [1.54, 1.807) is 0 Å². The molecule has 2 atom stereocenters. The minimum absolute atomic E-state index is 0.0911. The lowest BCUT2D eigenvalue weighted by molar-refractivity contribution is -0.134. The van der Waals surface area contributed by atoms with Crippen LogP contribution in [0.1, 0.15) is 20.8 Å². The average molecular weight is 199 g/mol. The lowest BCUT2D eigenvalue weighted by Gasteiger charge is -2.34. The molecule has 1 heterocycles. The number of piperazine rings is 1. The summed E-state index contributed by atoms with van der Waals surface area (Å²) in [6.07, 6.45) is 0. The highest BCUT2D eigenvalue weighted by Crippen LogP contribution is 2.06. The molecule has 3 N–H and O–H groups in total. The second kappa shape index (κ2) is 4.75. The van der Waals surface area contributed by atoms with Crippen molar-refractivity contribution in [2.24, 2.45) is 11.7 Å². The molecule has 0 radical (unpaired) electrons. The van der Waals surface area contributed by atoms with Gasteiger partial charge in [0.25, 0.3) is 0 Å². The molecule has 1 rings (SSSR count). The van der Waals surface area contributed by atoms with Gasteiger partial charge in [-0.2, -0.15) is 0 Å². The molecule has 1 amide bonds. The second-order valence-corrected chi connectivity index (χ2v) is 4.41. The Balaban J connectivity index is 2.51. The lowest BCUT2D eigenvalue weighted by Crippen LogP contribution is -2.56. The van der Waals surface area contributed by atoms with Gasteiger partial charge in [0, 0.05) is 25.7 Å². The van der Waals surface area contributed by atoms with Crippen molar-refractivity contribution in [3.05, 3.63) is 0 Å². The molecule has 0 spiro atoms. The molecule has 0 bridgehead atoms. The maximum atomic E-state index is 11.9. The molecule has 0 saturated carbocycles. The lowest BCUT2D eigenvalue weighted by atomic mass is 10.0. The maximum absolute atomic E-state index is 11.9. The van der Waals surface area contributed by atoms with Gasteiger partial charge in [-0.1, -0.05) is 13.8 Å². The van der Waals surface area contributed by atoms with Crippen LogP contribution in [0, 0.1) is 5.92 Å². The zero-order chi connectivity index (χ0) is 10.7. The quantitative estimate of drug-likeness (QED) is 0.647. The molecule has 82 valence electrons. The third-order valence-corrected chi connectivity index (χ3v) is 2.68. The highest BCUT2D eigenvalue weighted by Gasteiger charge is 2.26. The van der Waals surface area contributed by atoms with Crippen molar-refractivity contribution in [3.8, 4) is 0 Å². The van der Waals surface area contributed by atoms with E-state index >= 15 is 0 Å². The summed E-state index contributed by atoms with van der Waals surface area (Å²) in [5.74, 6) is 0.307. The molecular formula is C10H21N3O. The summed E-state index contributed by atoms with van der Waals surface area (Å²) in [6.45, 7) is 8.48. The summed E-state index contributed by atoms with van der Waals surface area (Å²) < 4.78 is 0. The first-order chi connectivity index (χ1) is 6.52. The van der Waals surface area contributed by atoms with Crippen molar-refractivity contribution < 1.29 is 4.79 Å². The number of carbonyl (C=O) groups excluding carboxylic acids is 1. The Kier molecular flexibility index (Phi) is 3.89. The summed E-state index contributed by atoms with van der Waals surface area (Å²) in [5.41, 5.74) is 5.82. The summed E-state index contributed by atoms with van der Waals surface area (Å²) in [5, 5.41) is 3.30. The first-order valence-electron chi connectivity index (χ1n) is 5.30. The van der Waals surface area contributed by atoms with Gasteiger partial charge in [0.1, 0.15) is 0 Å². The Morgan fingerprint density at radius 2 is 2.21 bits per heavy atom. The number of nitrogens with one attached hydrogen (secondary N) is 1. The number of nitrogens with zero attached hydrogens (tertiary/aromatic N) is 1. The standard InChI is InChI=1S/C10H21N3O/c1-7(2)9(11)10(14)13-5-4-12-8(3)6-13/h7-9,12H,4-6,11H2,1-3H3/t8-,9-/m0/s1. The zero-order valence-electron chi connectivity index (χ0n) is 9.29. The fourth-order valence-electron chi connectivity index (χ4n) is 1.63. The zero-order valence-corrected chi connectivity index (χ0v) is 9.29. The van der Waals surface area contributed by atoms with Crippen LogP contribution in [0.15, 0.2) is 0 Å². The predicted octanol–water partition coefficient (Wildman–Crippen LogP) is -0.210. The van der Waals surface area contributed by atoms with Crippen LogP contribution in [0.3, 0.4) is 0 Å². The van der Waals surface area contributed by atoms with Gasteiger partial charge in [0.2, 0.25) is 5.91 Å². The van der Waals surface area contributed by atoms with Gasteiger partial charge in [0.15, 0.2) is 0 Å². The fourth-order valence-corrected chi connectivity index (χ4v) is 1.63. The summed E-state index contributed by atoms with van der Waals surface area (Å²) in [6, 6.07) is 0.0346. The molecule has 0 aliphatic carbocycles. The van der Waals surface area contributed by atoms with Gasteiger partial charge >= 0.3 is 0 Å². The van der Waals surface area contributed by atoms with Crippen LogP contribution >= 0.6 is 0 Å². The first-order valence-corrected chi connectivity index (χ1v) is 5.30. The van der Waals surface area contributed by atoms with Crippen LogP contribution in [0.25, 0.3) is 0 Å². The normalized spacial score (nSPS) is 25.2. The molecule has 0 aromatic carbocycles. The highest BCUT2D eigenvalue weighted by atomic mass is 16.2. The summed E-state index contributed by atoms with van der Waals surface area (Å²) >= 11 is 0. The summed E-state index contributed by atoms with van der Waals surface area (Å²) in [4.78, 5) is 13.7. The number of hydrogen-bond acceptors (Lipinski definition) is 3. The molecule has 0 aromatic rings. The van der Waals surface area contributed by atoms with Crippen LogP contribution in [-0.4, -0.2) is 42.5 Å². The first kappa shape index (κ1) is 11.5. The Labute approximate surface area is 85.8 Å². The van der Waals surface area contributed by atoms with Crippen LogP contribution in [0.4, 0.5) is 0 Å². The molecular weight excluding hydrogens is 178 g/mol. The van der Waals surface area contributed by atoms with E-state index in [-0.39, 0.29) is 17.9 Å². The van der Waals surface area contributed by atoms with Gasteiger partial charge in [-0.25, -0.2) is 0 Å².